The van der Waals surface area contributed by atoms with E-state index in [4.69, 9.17) is 4.98 Å². The van der Waals surface area contributed by atoms with E-state index in [1.807, 2.05) is 30.3 Å². The summed E-state index contributed by atoms with van der Waals surface area (Å²) < 4.78 is 16.0. The maximum atomic E-state index is 13.8. The number of imidazole rings is 1. The van der Waals surface area contributed by atoms with E-state index in [0.717, 1.165) is 61.3 Å². The Morgan fingerprint density at radius 1 is 1.00 bits per heavy atom. The van der Waals surface area contributed by atoms with Crippen molar-refractivity contribution < 1.29 is 9.18 Å². The average molecular weight is 485 g/mol. The summed E-state index contributed by atoms with van der Waals surface area (Å²) in [5, 5.41) is 3.23. The monoisotopic (exact) mass is 484 g/mol. The first-order chi connectivity index (χ1) is 17.6. The van der Waals surface area contributed by atoms with Gasteiger partial charge in [0.2, 0.25) is 11.9 Å². The Hall–Kier alpha value is -3.67. The molecule has 1 aliphatic heterocycles. The van der Waals surface area contributed by atoms with Crippen molar-refractivity contribution in [3.05, 3.63) is 95.8 Å². The Labute approximate surface area is 212 Å². The Kier molecular flexibility index (Phi) is 7.31. The molecule has 0 bridgehead atoms. The van der Waals surface area contributed by atoms with Crippen molar-refractivity contribution in [2.45, 2.75) is 45.2 Å². The predicted octanol–water partition coefficient (Wildman–Crippen LogP) is 5.58. The minimum atomic E-state index is -0.233. The van der Waals surface area contributed by atoms with Crippen molar-refractivity contribution in [3.63, 3.8) is 0 Å². The number of hydrogen-bond donors (Lipinski definition) is 1. The molecule has 1 amide bonds. The van der Waals surface area contributed by atoms with Gasteiger partial charge in [-0.2, -0.15) is 0 Å². The van der Waals surface area contributed by atoms with E-state index in [2.05, 4.69) is 52.0 Å². The first-order valence-corrected chi connectivity index (χ1v) is 12.9. The van der Waals surface area contributed by atoms with Gasteiger partial charge in [0.05, 0.1) is 17.6 Å². The maximum Gasteiger partial charge on any atom is 0.223 e. The lowest BCUT2D eigenvalue weighted by Crippen LogP contribution is -2.43. The van der Waals surface area contributed by atoms with Gasteiger partial charge in [-0.05, 0) is 68.0 Å². The number of benzene rings is 3. The third-order valence-electron chi connectivity index (χ3n) is 7.11. The molecule has 0 spiro atoms. The van der Waals surface area contributed by atoms with Crippen molar-refractivity contribution in [1.29, 1.82) is 0 Å². The highest BCUT2D eigenvalue weighted by Gasteiger charge is 2.28. The number of nitrogens with zero attached hydrogens (tertiary/aromatic N) is 3. The van der Waals surface area contributed by atoms with Crippen LogP contribution >= 0.6 is 0 Å². The topological polar surface area (TPSA) is 50.2 Å². The van der Waals surface area contributed by atoms with Crippen molar-refractivity contribution in [1.82, 2.24) is 14.9 Å². The molecule has 3 aromatic carbocycles. The zero-order valence-electron chi connectivity index (χ0n) is 20.7. The largest absolute Gasteiger partial charge is 0.353 e. The third kappa shape index (κ3) is 5.59. The fraction of sp³-hybridized carbons (Fsp3) is 0.333. The SMILES string of the molecule is CC(CCc1ccccc1)NC(=O)C1CCN(c2nc3ccccc3n2Cc2cccc(F)c2)CC1. The molecule has 6 heteroatoms. The highest BCUT2D eigenvalue weighted by molar-refractivity contribution is 5.80. The van der Waals surface area contributed by atoms with E-state index in [1.165, 1.54) is 11.6 Å². The Morgan fingerprint density at radius 2 is 1.72 bits per heavy atom. The number of carbonyl (C=O) groups excluding carboxylic acids is 1. The molecular weight excluding hydrogens is 451 g/mol. The molecule has 1 fully saturated rings. The molecule has 5 nitrogen and oxygen atoms in total. The number of nitrogens with one attached hydrogen (secondary N) is 1. The fourth-order valence-electron chi connectivity index (χ4n) is 5.08. The van der Waals surface area contributed by atoms with Gasteiger partial charge in [0.15, 0.2) is 0 Å². The number of aromatic nitrogens is 2. The van der Waals surface area contributed by atoms with Crippen molar-refractivity contribution in [3.8, 4) is 0 Å². The summed E-state index contributed by atoms with van der Waals surface area (Å²) in [6.07, 6.45) is 3.47. The molecule has 1 aromatic heterocycles. The molecule has 1 N–H and O–H groups in total. The summed E-state index contributed by atoms with van der Waals surface area (Å²) in [6.45, 7) is 4.17. The van der Waals surface area contributed by atoms with Crippen LogP contribution in [-0.4, -0.2) is 34.6 Å². The summed E-state index contributed by atoms with van der Waals surface area (Å²) in [6, 6.07) is 25.3. The number of fused-ring (bicyclic) bond motifs is 1. The van der Waals surface area contributed by atoms with Gasteiger partial charge in [0, 0.05) is 25.0 Å². The number of hydrogen-bond acceptors (Lipinski definition) is 3. The van der Waals surface area contributed by atoms with Crippen LogP contribution in [0.1, 0.15) is 37.3 Å². The second kappa shape index (κ2) is 10.9. The standard InChI is InChI=1S/C30H33FN4O/c1-22(14-15-23-8-3-2-4-9-23)32-29(36)25-16-18-34(19-17-25)30-33-27-12-5-6-13-28(27)35(30)21-24-10-7-11-26(31)20-24/h2-13,20,22,25H,14-19,21H2,1H3,(H,32,36). The third-order valence-corrected chi connectivity index (χ3v) is 7.11. The average Bonchev–Trinajstić information content (AvgIpc) is 3.26. The minimum Gasteiger partial charge on any atom is -0.353 e. The first kappa shape index (κ1) is 24.0. The van der Waals surface area contributed by atoms with Crippen LogP contribution in [0.15, 0.2) is 78.9 Å². The van der Waals surface area contributed by atoms with Crippen LogP contribution in [0.3, 0.4) is 0 Å². The van der Waals surface area contributed by atoms with E-state index in [0.29, 0.717) is 6.54 Å². The second-order valence-electron chi connectivity index (χ2n) is 9.81. The number of rotatable bonds is 8. The molecule has 5 rings (SSSR count). The van der Waals surface area contributed by atoms with Gasteiger partial charge >= 0.3 is 0 Å². The second-order valence-corrected chi connectivity index (χ2v) is 9.81. The van der Waals surface area contributed by atoms with Crippen molar-refractivity contribution in [2.75, 3.05) is 18.0 Å². The molecule has 4 aromatic rings. The quantitative estimate of drug-likeness (QED) is 0.355. The minimum absolute atomic E-state index is 0.0153. The molecule has 36 heavy (non-hydrogen) atoms. The van der Waals surface area contributed by atoms with Crippen LogP contribution in [0, 0.1) is 11.7 Å². The van der Waals surface area contributed by atoms with Crippen LogP contribution < -0.4 is 10.2 Å². The van der Waals surface area contributed by atoms with Crippen LogP contribution in [0.2, 0.25) is 0 Å². The van der Waals surface area contributed by atoms with E-state index in [-0.39, 0.29) is 23.7 Å². The molecule has 0 radical (unpaired) electrons. The number of amides is 1. The lowest BCUT2D eigenvalue weighted by molar-refractivity contribution is -0.126. The van der Waals surface area contributed by atoms with E-state index in [1.54, 1.807) is 12.1 Å². The molecule has 1 aliphatic rings. The normalized spacial score (nSPS) is 15.2. The van der Waals surface area contributed by atoms with Gasteiger partial charge in [0.1, 0.15) is 5.82 Å². The molecule has 1 atom stereocenters. The summed E-state index contributed by atoms with van der Waals surface area (Å²) in [5.41, 5.74) is 4.16. The highest BCUT2D eigenvalue weighted by atomic mass is 19.1. The van der Waals surface area contributed by atoms with Crippen LogP contribution in [0.4, 0.5) is 10.3 Å². The van der Waals surface area contributed by atoms with Gasteiger partial charge in [-0.3, -0.25) is 4.79 Å². The first-order valence-electron chi connectivity index (χ1n) is 12.9. The summed E-state index contributed by atoms with van der Waals surface area (Å²) in [7, 11) is 0. The molecular formula is C30H33FN4O. The molecule has 186 valence electrons. The van der Waals surface area contributed by atoms with Gasteiger partial charge in [-0.1, -0.05) is 54.6 Å². The highest BCUT2D eigenvalue weighted by Crippen LogP contribution is 2.28. The number of anilines is 1. The lowest BCUT2D eigenvalue weighted by atomic mass is 9.95. The Balaban J connectivity index is 1.22. The van der Waals surface area contributed by atoms with E-state index in [9.17, 15) is 9.18 Å². The summed E-state index contributed by atoms with van der Waals surface area (Å²) in [4.78, 5) is 20.1. The number of para-hydroxylation sites is 2. The fourth-order valence-corrected chi connectivity index (χ4v) is 5.08. The Morgan fingerprint density at radius 3 is 2.50 bits per heavy atom. The number of carbonyl (C=O) groups is 1. The summed E-state index contributed by atoms with van der Waals surface area (Å²) >= 11 is 0. The van der Waals surface area contributed by atoms with E-state index >= 15 is 0 Å². The lowest BCUT2D eigenvalue weighted by Gasteiger charge is -2.33. The molecule has 1 saturated heterocycles. The van der Waals surface area contributed by atoms with Gasteiger partial charge in [-0.15, -0.1) is 0 Å². The molecule has 0 aliphatic carbocycles. The number of aryl methyl sites for hydroxylation is 1. The van der Waals surface area contributed by atoms with Gasteiger partial charge in [-0.25, -0.2) is 9.37 Å². The van der Waals surface area contributed by atoms with Crippen LogP contribution in [-0.2, 0) is 17.8 Å². The van der Waals surface area contributed by atoms with Gasteiger partial charge < -0.3 is 14.8 Å². The smallest absolute Gasteiger partial charge is 0.223 e. The number of piperidine rings is 1. The van der Waals surface area contributed by atoms with Crippen LogP contribution in [0.5, 0.6) is 0 Å². The molecule has 0 saturated carbocycles. The number of halogens is 1. The van der Waals surface area contributed by atoms with Crippen LogP contribution in [0.25, 0.3) is 11.0 Å². The van der Waals surface area contributed by atoms with Gasteiger partial charge in [0.25, 0.3) is 0 Å². The van der Waals surface area contributed by atoms with Crippen molar-refractivity contribution >= 4 is 22.9 Å². The molecule has 1 unspecified atom stereocenters. The predicted molar refractivity (Wildman–Crippen MR) is 143 cm³/mol. The van der Waals surface area contributed by atoms with Crippen molar-refractivity contribution in [2.24, 2.45) is 5.92 Å². The molecule has 2 heterocycles. The Bertz CT molecular complexity index is 1310. The summed E-state index contributed by atoms with van der Waals surface area (Å²) in [5.74, 6) is 0.823. The van der Waals surface area contributed by atoms with E-state index < -0.39 is 0 Å². The maximum absolute atomic E-state index is 13.8. The zero-order valence-corrected chi connectivity index (χ0v) is 20.7. The zero-order chi connectivity index (χ0) is 24.9.